The molecule has 0 aliphatic carbocycles. The number of carbonyl (C=O) groups is 1. The van der Waals surface area contributed by atoms with E-state index >= 15 is 0 Å². The van der Waals surface area contributed by atoms with Gasteiger partial charge in [-0.15, -0.1) is 11.3 Å². The Kier molecular flexibility index (Phi) is 6.21. The Hall–Kier alpha value is -1.35. The topological polar surface area (TPSA) is 58.4 Å². The van der Waals surface area contributed by atoms with Crippen molar-refractivity contribution < 1.29 is 4.79 Å². The Morgan fingerprint density at radius 1 is 1.45 bits per heavy atom. The molecule has 1 aromatic heterocycles. The standard InChI is InChI=1S/C15H23N3OS/c1-15(2,11-18(3)4)10-17-14(19)13-8-7-12(20-13)6-5-9-16/h7-8H,9-11,16H2,1-4H3,(H,17,19). The minimum absolute atomic E-state index is 0.0392. The molecule has 20 heavy (non-hydrogen) atoms. The molecule has 0 aromatic carbocycles. The highest BCUT2D eigenvalue weighted by atomic mass is 32.1. The lowest BCUT2D eigenvalue weighted by Crippen LogP contribution is -2.39. The van der Waals surface area contributed by atoms with Crippen molar-refractivity contribution in [1.82, 2.24) is 10.2 Å². The van der Waals surface area contributed by atoms with Gasteiger partial charge in [-0.1, -0.05) is 25.7 Å². The number of nitrogens with two attached hydrogens (primary N) is 1. The summed E-state index contributed by atoms with van der Waals surface area (Å²) in [4.78, 5) is 15.8. The monoisotopic (exact) mass is 293 g/mol. The van der Waals surface area contributed by atoms with Crippen LogP contribution in [0.4, 0.5) is 0 Å². The first-order chi connectivity index (χ1) is 9.34. The summed E-state index contributed by atoms with van der Waals surface area (Å²) in [5.41, 5.74) is 5.37. The Balaban J connectivity index is 2.57. The maximum atomic E-state index is 12.1. The minimum atomic E-state index is -0.0392. The number of nitrogens with one attached hydrogen (secondary N) is 1. The van der Waals surface area contributed by atoms with Gasteiger partial charge in [-0.3, -0.25) is 4.79 Å². The second kappa shape index (κ2) is 7.44. The van der Waals surface area contributed by atoms with E-state index in [4.69, 9.17) is 5.73 Å². The van der Waals surface area contributed by atoms with E-state index in [2.05, 4.69) is 35.9 Å². The number of rotatable bonds is 5. The van der Waals surface area contributed by atoms with Crippen LogP contribution in [0.3, 0.4) is 0 Å². The van der Waals surface area contributed by atoms with Crippen LogP contribution in [0.5, 0.6) is 0 Å². The van der Waals surface area contributed by atoms with Crippen molar-refractivity contribution in [2.75, 3.05) is 33.7 Å². The number of amides is 1. The average Bonchev–Trinajstić information content (AvgIpc) is 2.80. The van der Waals surface area contributed by atoms with Crippen LogP contribution in [0, 0.1) is 17.3 Å². The number of thiophene rings is 1. The first-order valence-corrected chi connectivity index (χ1v) is 7.37. The summed E-state index contributed by atoms with van der Waals surface area (Å²) < 4.78 is 0. The Morgan fingerprint density at radius 3 is 2.75 bits per heavy atom. The molecular formula is C15H23N3OS. The Bertz CT molecular complexity index is 509. The third-order valence-corrected chi connectivity index (χ3v) is 3.61. The Labute approximate surface area is 125 Å². The maximum Gasteiger partial charge on any atom is 0.261 e. The fourth-order valence-corrected chi connectivity index (χ4v) is 2.78. The molecular weight excluding hydrogens is 270 g/mol. The molecule has 0 spiro atoms. The van der Waals surface area contributed by atoms with E-state index in [1.54, 1.807) is 6.07 Å². The second-order valence-corrected chi connectivity index (χ2v) is 6.84. The molecule has 110 valence electrons. The van der Waals surface area contributed by atoms with E-state index in [-0.39, 0.29) is 11.3 Å². The molecule has 3 N–H and O–H groups in total. The quantitative estimate of drug-likeness (QED) is 0.806. The van der Waals surface area contributed by atoms with E-state index in [1.807, 2.05) is 20.2 Å². The molecule has 0 fully saturated rings. The highest BCUT2D eigenvalue weighted by Crippen LogP contribution is 2.17. The zero-order chi connectivity index (χ0) is 15.2. The van der Waals surface area contributed by atoms with Crippen LogP contribution in [0.1, 0.15) is 28.4 Å². The highest BCUT2D eigenvalue weighted by Gasteiger charge is 2.20. The lowest BCUT2D eigenvalue weighted by atomic mass is 9.93. The van der Waals surface area contributed by atoms with Crippen LogP contribution in [-0.4, -0.2) is 44.5 Å². The van der Waals surface area contributed by atoms with Crippen molar-refractivity contribution >= 4 is 17.2 Å². The van der Waals surface area contributed by atoms with Crippen LogP contribution in [0.15, 0.2) is 12.1 Å². The number of nitrogens with zero attached hydrogens (tertiary/aromatic N) is 1. The zero-order valence-electron chi connectivity index (χ0n) is 12.6. The van der Waals surface area contributed by atoms with Crippen molar-refractivity contribution in [3.05, 3.63) is 21.9 Å². The summed E-state index contributed by atoms with van der Waals surface area (Å²) in [6.45, 7) is 6.18. The highest BCUT2D eigenvalue weighted by molar-refractivity contribution is 7.14. The summed E-state index contributed by atoms with van der Waals surface area (Å²) in [7, 11) is 4.07. The number of hydrogen-bond acceptors (Lipinski definition) is 4. The van der Waals surface area contributed by atoms with E-state index in [9.17, 15) is 4.79 Å². The summed E-state index contributed by atoms with van der Waals surface area (Å²) in [6, 6.07) is 3.66. The first kappa shape index (κ1) is 16.7. The van der Waals surface area contributed by atoms with Crippen molar-refractivity contribution in [3.8, 4) is 11.8 Å². The molecule has 0 radical (unpaired) electrons. The summed E-state index contributed by atoms with van der Waals surface area (Å²) in [5.74, 6) is 5.68. The molecule has 1 heterocycles. The van der Waals surface area contributed by atoms with Gasteiger partial charge in [-0.2, -0.15) is 0 Å². The van der Waals surface area contributed by atoms with Crippen LogP contribution in [0.2, 0.25) is 0 Å². The van der Waals surface area contributed by atoms with Crippen molar-refractivity contribution in [2.24, 2.45) is 11.1 Å². The molecule has 5 heteroatoms. The molecule has 1 amide bonds. The predicted octanol–water partition coefficient (Wildman–Crippen LogP) is 1.38. The van der Waals surface area contributed by atoms with Crippen LogP contribution < -0.4 is 11.1 Å². The van der Waals surface area contributed by atoms with Gasteiger partial charge < -0.3 is 16.0 Å². The molecule has 0 unspecified atom stereocenters. The van der Waals surface area contributed by atoms with Gasteiger partial charge in [0.25, 0.3) is 5.91 Å². The van der Waals surface area contributed by atoms with Gasteiger partial charge in [-0.25, -0.2) is 0 Å². The number of carbonyl (C=O) groups excluding carboxylic acids is 1. The van der Waals surface area contributed by atoms with E-state index in [0.29, 0.717) is 18.0 Å². The maximum absolute atomic E-state index is 12.1. The van der Waals surface area contributed by atoms with E-state index in [1.165, 1.54) is 11.3 Å². The third-order valence-electron chi connectivity index (χ3n) is 2.62. The average molecular weight is 293 g/mol. The van der Waals surface area contributed by atoms with Gasteiger partial charge in [0.2, 0.25) is 0 Å². The van der Waals surface area contributed by atoms with Gasteiger partial charge in [0, 0.05) is 13.1 Å². The molecule has 1 rings (SSSR count). The summed E-state index contributed by atoms with van der Waals surface area (Å²) in [5, 5.41) is 2.99. The summed E-state index contributed by atoms with van der Waals surface area (Å²) in [6.07, 6.45) is 0. The fraction of sp³-hybridized carbons (Fsp3) is 0.533. The van der Waals surface area contributed by atoms with Gasteiger partial charge in [0.1, 0.15) is 0 Å². The van der Waals surface area contributed by atoms with Gasteiger partial charge in [0.15, 0.2) is 0 Å². The molecule has 0 saturated carbocycles. The summed E-state index contributed by atoms with van der Waals surface area (Å²) >= 11 is 1.39. The van der Waals surface area contributed by atoms with Crippen LogP contribution in [-0.2, 0) is 0 Å². The lowest BCUT2D eigenvalue weighted by Gasteiger charge is -2.28. The minimum Gasteiger partial charge on any atom is -0.351 e. The first-order valence-electron chi connectivity index (χ1n) is 6.56. The fourth-order valence-electron chi connectivity index (χ4n) is 1.98. The van der Waals surface area contributed by atoms with Gasteiger partial charge in [0.05, 0.1) is 16.3 Å². The van der Waals surface area contributed by atoms with Gasteiger partial charge in [-0.05, 0) is 31.6 Å². The van der Waals surface area contributed by atoms with Gasteiger partial charge >= 0.3 is 0 Å². The van der Waals surface area contributed by atoms with Crippen molar-refractivity contribution in [2.45, 2.75) is 13.8 Å². The molecule has 4 nitrogen and oxygen atoms in total. The zero-order valence-corrected chi connectivity index (χ0v) is 13.4. The molecule has 0 aliphatic heterocycles. The molecule has 0 saturated heterocycles. The van der Waals surface area contributed by atoms with Crippen LogP contribution >= 0.6 is 11.3 Å². The molecule has 1 aromatic rings. The van der Waals surface area contributed by atoms with Crippen molar-refractivity contribution in [1.29, 1.82) is 0 Å². The second-order valence-electron chi connectivity index (χ2n) is 5.75. The number of hydrogen-bond donors (Lipinski definition) is 2. The van der Waals surface area contributed by atoms with E-state index in [0.717, 1.165) is 11.4 Å². The SMILES string of the molecule is CN(C)CC(C)(C)CNC(=O)c1ccc(C#CCN)s1. The molecule has 0 aliphatic rings. The Morgan fingerprint density at radius 2 is 2.15 bits per heavy atom. The van der Waals surface area contributed by atoms with Crippen molar-refractivity contribution in [3.63, 3.8) is 0 Å². The van der Waals surface area contributed by atoms with E-state index < -0.39 is 0 Å². The third kappa shape index (κ3) is 5.74. The smallest absolute Gasteiger partial charge is 0.261 e. The molecule has 0 atom stereocenters. The normalized spacial score (nSPS) is 11.1. The predicted molar refractivity (Wildman–Crippen MR) is 84.9 cm³/mol. The van der Waals surface area contributed by atoms with Crippen LogP contribution in [0.25, 0.3) is 0 Å². The molecule has 0 bridgehead atoms. The lowest BCUT2D eigenvalue weighted by molar-refractivity contribution is 0.0933. The largest absolute Gasteiger partial charge is 0.351 e.